The summed E-state index contributed by atoms with van der Waals surface area (Å²) in [4.78, 5) is 22.6. The van der Waals surface area contributed by atoms with Crippen LogP contribution in [0.15, 0.2) is 18.2 Å². The Kier molecular flexibility index (Phi) is 4.55. The van der Waals surface area contributed by atoms with Crippen molar-refractivity contribution in [1.82, 2.24) is 5.32 Å². The number of hydrogen-bond donors (Lipinski definition) is 2. The van der Waals surface area contributed by atoms with Gasteiger partial charge in [0.2, 0.25) is 5.91 Å². The second-order valence-electron chi connectivity index (χ2n) is 5.14. The molecule has 1 aliphatic carbocycles. The van der Waals surface area contributed by atoms with Crippen LogP contribution < -0.4 is 5.32 Å². The van der Waals surface area contributed by atoms with Crippen LogP contribution in [-0.2, 0) is 9.59 Å². The number of rotatable bonds is 5. The fourth-order valence-electron chi connectivity index (χ4n) is 2.11. The molecule has 1 saturated carbocycles. The first-order valence-electron chi connectivity index (χ1n) is 6.35. The lowest BCUT2D eigenvalue weighted by Gasteiger charge is -2.08. The van der Waals surface area contributed by atoms with Gasteiger partial charge in [-0.25, -0.2) is 0 Å². The molecular formula is C14H15Cl2NO3. The molecule has 20 heavy (non-hydrogen) atoms. The van der Waals surface area contributed by atoms with E-state index in [0.717, 1.165) is 12.0 Å². The molecule has 1 amide bonds. The molecule has 2 N–H and O–H groups in total. The van der Waals surface area contributed by atoms with Gasteiger partial charge in [0.25, 0.3) is 0 Å². The maximum Gasteiger partial charge on any atom is 0.308 e. The molecule has 0 bridgehead atoms. The third-order valence-corrected chi connectivity index (χ3v) is 3.88. The first kappa shape index (κ1) is 15.1. The van der Waals surface area contributed by atoms with E-state index < -0.39 is 11.9 Å². The molecule has 1 aromatic carbocycles. The highest BCUT2D eigenvalue weighted by atomic mass is 35.5. The summed E-state index contributed by atoms with van der Waals surface area (Å²) >= 11 is 11.9. The van der Waals surface area contributed by atoms with Crippen LogP contribution in [0, 0.1) is 11.8 Å². The number of carboxylic acid groups (broad SMARTS) is 1. The molecule has 0 radical (unpaired) electrons. The van der Waals surface area contributed by atoms with Gasteiger partial charge < -0.3 is 10.4 Å². The van der Waals surface area contributed by atoms with Crippen molar-refractivity contribution in [3.8, 4) is 0 Å². The molecule has 0 heterocycles. The van der Waals surface area contributed by atoms with Crippen LogP contribution in [0.25, 0.3) is 0 Å². The summed E-state index contributed by atoms with van der Waals surface area (Å²) in [5.74, 6) is -1.62. The molecule has 4 nitrogen and oxygen atoms in total. The van der Waals surface area contributed by atoms with Gasteiger partial charge in [0.1, 0.15) is 0 Å². The Morgan fingerprint density at radius 2 is 1.95 bits per heavy atom. The van der Waals surface area contributed by atoms with Gasteiger partial charge in [-0.05, 0) is 36.1 Å². The van der Waals surface area contributed by atoms with Crippen molar-refractivity contribution < 1.29 is 14.7 Å². The maximum absolute atomic E-state index is 11.9. The van der Waals surface area contributed by atoms with Gasteiger partial charge in [-0.3, -0.25) is 9.59 Å². The van der Waals surface area contributed by atoms with Gasteiger partial charge in [0, 0.05) is 22.5 Å². The molecule has 3 atom stereocenters. The van der Waals surface area contributed by atoms with Crippen molar-refractivity contribution in [2.45, 2.75) is 19.3 Å². The normalized spacial score (nSPS) is 22.1. The second kappa shape index (κ2) is 6.02. The highest BCUT2D eigenvalue weighted by Crippen LogP contribution is 2.48. The molecule has 0 saturated heterocycles. The summed E-state index contributed by atoms with van der Waals surface area (Å²) in [6.07, 6.45) is 0.740. The highest BCUT2D eigenvalue weighted by molar-refractivity contribution is 6.34. The van der Waals surface area contributed by atoms with E-state index in [1.54, 1.807) is 13.0 Å². The third kappa shape index (κ3) is 3.64. The zero-order chi connectivity index (χ0) is 14.9. The van der Waals surface area contributed by atoms with Gasteiger partial charge in [0.05, 0.1) is 5.92 Å². The number of carboxylic acids is 1. The number of carbonyl (C=O) groups excluding carboxylic acids is 1. The number of halogens is 2. The van der Waals surface area contributed by atoms with E-state index in [9.17, 15) is 9.59 Å². The summed E-state index contributed by atoms with van der Waals surface area (Å²) < 4.78 is 0. The molecular weight excluding hydrogens is 301 g/mol. The van der Waals surface area contributed by atoms with Crippen LogP contribution in [0.1, 0.15) is 24.8 Å². The van der Waals surface area contributed by atoms with Crippen LogP contribution in [0.5, 0.6) is 0 Å². The fourth-order valence-corrected chi connectivity index (χ4v) is 2.66. The first-order chi connectivity index (χ1) is 9.38. The Morgan fingerprint density at radius 3 is 2.50 bits per heavy atom. The molecule has 0 spiro atoms. The monoisotopic (exact) mass is 315 g/mol. The lowest BCUT2D eigenvalue weighted by atomic mass is 10.1. The standard InChI is InChI=1S/C14H15Cl2NO3/c1-7(14(19)20)6-17-13(18)12-5-11(12)8-2-9(15)4-10(16)3-8/h2-4,7,11-12H,5-6H2,1H3,(H,17,18)(H,19,20). The number of benzene rings is 1. The zero-order valence-electron chi connectivity index (χ0n) is 10.9. The minimum atomic E-state index is -0.917. The molecule has 2 rings (SSSR count). The second-order valence-corrected chi connectivity index (χ2v) is 6.01. The Morgan fingerprint density at radius 1 is 1.35 bits per heavy atom. The quantitative estimate of drug-likeness (QED) is 0.878. The molecule has 0 aromatic heterocycles. The Labute approximate surface area is 127 Å². The minimum absolute atomic E-state index is 0.112. The van der Waals surface area contributed by atoms with Gasteiger partial charge in [-0.15, -0.1) is 0 Å². The zero-order valence-corrected chi connectivity index (χ0v) is 12.4. The number of amides is 1. The van der Waals surface area contributed by atoms with E-state index in [4.69, 9.17) is 28.3 Å². The van der Waals surface area contributed by atoms with E-state index in [1.807, 2.05) is 12.1 Å². The summed E-state index contributed by atoms with van der Waals surface area (Å²) in [5, 5.41) is 12.5. The number of nitrogens with one attached hydrogen (secondary N) is 1. The fraction of sp³-hybridized carbons (Fsp3) is 0.429. The number of carbonyl (C=O) groups is 2. The predicted molar refractivity (Wildman–Crippen MR) is 77.1 cm³/mol. The van der Waals surface area contributed by atoms with Crippen LogP contribution in [0.2, 0.25) is 10.0 Å². The van der Waals surface area contributed by atoms with Crippen molar-refractivity contribution in [2.24, 2.45) is 11.8 Å². The van der Waals surface area contributed by atoms with Crippen molar-refractivity contribution >= 4 is 35.1 Å². The molecule has 0 aliphatic heterocycles. The highest BCUT2D eigenvalue weighted by Gasteiger charge is 2.44. The topological polar surface area (TPSA) is 66.4 Å². The molecule has 1 aromatic rings. The largest absolute Gasteiger partial charge is 0.481 e. The van der Waals surface area contributed by atoms with Crippen LogP contribution in [-0.4, -0.2) is 23.5 Å². The first-order valence-corrected chi connectivity index (χ1v) is 7.10. The molecule has 3 unspecified atom stereocenters. The Balaban J connectivity index is 1.91. The molecule has 108 valence electrons. The van der Waals surface area contributed by atoms with Crippen LogP contribution >= 0.6 is 23.2 Å². The van der Waals surface area contributed by atoms with Gasteiger partial charge >= 0.3 is 5.97 Å². The van der Waals surface area contributed by atoms with E-state index in [2.05, 4.69) is 5.32 Å². The molecule has 1 fully saturated rings. The number of aliphatic carboxylic acids is 1. The van der Waals surface area contributed by atoms with Gasteiger partial charge in [0.15, 0.2) is 0 Å². The van der Waals surface area contributed by atoms with Crippen LogP contribution in [0.3, 0.4) is 0 Å². The van der Waals surface area contributed by atoms with E-state index in [1.165, 1.54) is 0 Å². The maximum atomic E-state index is 11.9. The minimum Gasteiger partial charge on any atom is -0.481 e. The SMILES string of the molecule is CC(CNC(=O)C1CC1c1cc(Cl)cc(Cl)c1)C(=O)O. The average molecular weight is 316 g/mol. The van der Waals surface area contributed by atoms with E-state index >= 15 is 0 Å². The summed E-state index contributed by atoms with van der Waals surface area (Å²) in [6, 6.07) is 5.27. The van der Waals surface area contributed by atoms with Crippen molar-refractivity contribution in [1.29, 1.82) is 0 Å². The molecule has 1 aliphatic rings. The van der Waals surface area contributed by atoms with E-state index in [-0.39, 0.29) is 24.3 Å². The van der Waals surface area contributed by atoms with E-state index in [0.29, 0.717) is 10.0 Å². The Bertz CT molecular complexity index is 527. The lowest BCUT2D eigenvalue weighted by Crippen LogP contribution is -2.32. The van der Waals surface area contributed by atoms with Crippen LogP contribution in [0.4, 0.5) is 0 Å². The van der Waals surface area contributed by atoms with Crippen molar-refractivity contribution in [3.05, 3.63) is 33.8 Å². The van der Waals surface area contributed by atoms with Crippen molar-refractivity contribution in [2.75, 3.05) is 6.54 Å². The van der Waals surface area contributed by atoms with Gasteiger partial charge in [-0.2, -0.15) is 0 Å². The lowest BCUT2D eigenvalue weighted by molar-refractivity contribution is -0.141. The summed E-state index contributed by atoms with van der Waals surface area (Å²) in [5.41, 5.74) is 0.953. The Hall–Kier alpha value is -1.26. The van der Waals surface area contributed by atoms with Gasteiger partial charge in [-0.1, -0.05) is 30.1 Å². The van der Waals surface area contributed by atoms with Crippen molar-refractivity contribution in [3.63, 3.8) is 0 Å². The number of hydrogen-bond acceptors (Lipinski definition) is 2. The third-order valence-electron chi connectivity index (χ3n) is 3.44. The smallest absolute Gasteiger partial charge is 0.308 e. The average Bonchev–Trinajstić information content (AvgIpc) is 3.14. The summed E-state index contributed by atoms with van der Waals surface area (Å²) in [6.45, 7) is 1.71. The molecule has 6 heteroatoms. The summed E-state index contributed by atoms with van der Waals surface area (Å²) in [7, 11) is 0. The predicted octanol–water partition coefficient (Wildman–Crippen LogP) is 2.93.